The number of hydrogen-bond donors (Lipinski definition) is 2. The third kappa shape index (κ3) is 3.45. The van der Waals surface area contributed by atoms with E-state index in [0.29, 0.717) is 5.56 Å². The maximum atomic E-state index is 12.0. The number of nitrogens with two attached hydrogens (primary N) is 1. The zero-order chi connectivity index (χ0) is 14.8. The lowest BCUT2D eigenvalue weighted by atomic mass is 10.4. The molecule has 2 rings (SSSR count). The highest BCUT2D eigenvalue weighted by molar-refractivity contribution is 7.90. The molecule has 0 bridgehead atoms. The lowest BCUT2D eigenvalue weighted by Gasteiger charge is -2.06. The molecule has 1 aromatic heterocycles. The van der Waals surface area contributed by atoms with Crippen LogP contribution in [0.25, 0.3) is 0 Å². The Labute approximate surface area is 116 Å². The minimum Gasteiger partial charge on any atom is -0.472 e. The Bertz CT molecular complexity index is 795. The molecule has 0 aliphatic rings. The van der Waals surface area contributed by atoms with E-state index < -0.39 is 20.0 Å². The predicted octanol–water partition coefficient (Wildman–Crippen LogP) is 0.406. The highest BCUT2D eigenvalue weighted by Gasteiger charge is 2.17. The molecule has 0 unspecified atom stereocenters. The molecule has 1 heterocycles. The van der Waals surface area contributed by atoms with E-state index >= 15 is 0 Å². The van der Waals surface area contributed by atoms with Crippen molar-refractivity contribution in [2.75, 3.05) is 0 Å². The Morgan fingerprint density at radius 1 is 1.10 bits per heavy atom. The van der Waals surface area contributed by atoms with Crippen molar-refractivity contribution in [1.29, 1.82) is 0 Å². The number of sulfonamides is 2. The molecule has 3 N–H and O–H groups in total. The minimum absolute atomic E-state index is 0.0401. The minimum atomic E-state index is -3.95. The summed E-state index contributed by atoms with van der Waals surface area (Å²) in [5, 5.41) is 4.96. The Morgan fingerprint density at radius 3 is 2.40 bits per heavy atom. The molecule has 0 amide bonds. The summed E-state index contributed by atoms with van der Waals surface area (Å²) in [5.41, 5.74) is 0.649. The molecule has 0 fully saturated rings. The summed E-state index contributed by atoms with van der Waals surface area (Å²) >= 11 is 0. The van der Waals surface area contributed by atoms with Gasteiger partial charge in [-0.05, 0) is 24.3 Å². The first-order valence-electron chi connectivity index (χ1n) is 5.43. The lowest BCUT2D eigenvalue weighted by molar-refractivity contribution is 0.561. The van der Waals surface area contributed by atoms with E-state index in [4.69, 9.17) is 9.56 Å². The number of nitrogens with one attached hydrogen (secondary N) is 1. The van der Waals surface area contributed by atoms with Crippen LogP contribution in [0.4, 0.5) is 0 Å². The van der Waals surface area contributed by atoms with Crippen molar-refractivity contribution in [3.63, 3.8) is 0 Å². The number of benzene rings is 1. The number of primary sulfonamides is 1. The smallest absolute Gasteiger partial charge is 0.240 e. The topological polar surface area (TPSA) is 119 Å². The third-order valence-corrected chi connectivity index (χ3v) is 4.80. The van der Waals surface area contributed by atoms with Gasteiger partial charge in [0.15, 0.2) is 0 Å². The first-order valence-corrected chi connectivity index (χ1v) is 8.45. The first kappa shape index (κ1) is 14.7. The van der Waals surface area contributed by atoms with Gasteiger partial charge in [-0.2, -0.15) is 0 Å². The second-order valence-electron chi connectivity index (χ2n) is 3.98. The third-order valence-electron chi connectivity index (χ3n) is 2.49. The van der Waals surface area contributed by atoms with Crippen LogP contribution in [-0.2, 0) is 26.6 Å². The van der Waals surface area contributed by atoms with Gasteiger partial charge >= 0.3 is 0 Å². The summed E-state index contributed by atoms with van der Waals surface area (Å²) in [6, 6.07) is 6.44. The van der Waals surface area contributed by atoms with Crippen molar-refractivity contribution in [2.24, 2.45) is 5.14 Å². The van der Waals surface area contributed by atoms with Gasteiger partial charge in [0.05, 0.1) is 22.3 Å². The zero-order valence-corrected chi connectivity index (χ0v) is 11.8. The molecular formula is C11H12N2O5S2. The zero-order valence-electron chi connectivity index (χ0n) is 10.2. The molecule has 9 heteroatoms. The maximum absolute atomic E-state index is 12.0. The first-order chi connectivity index (χ1) is 9.29. The summed E-state index contributed by atoms with van der Waals surface area (Å²) < 4.78 is 53.6. The highest BCUT2D eigenvalue weighted by Crippen LogP contribution is 2.15. The van der Waals surface area contributed by atoms with Crippen molar-refractivity contribution in [3.8, 4) is 0 Å². The summed E-state index contributed by atoms with van der Waals surface area (Å²) in [4.78, 5) is -0.434. The predicted molar refractivity (Wildman–Crippen MR) is 70.5 cm³/mol. The van der Waals surface area contributed by atoms with E-state index in [1.54, 1.807) is 6.07 Å². The van der Waals surface area contributed by atoms with Crippen LogP contribution in [0.3, 0.4) is 0 Å². The fraction of sp³-hybridized carbons (Fsp3) is 0.0909. The Morgan fingerprint density at radius 2 is 1.80 bits per heavy atom. The molecule has 0 saturated carbocycles. The molecule has 7 nitrogen and oxygen atoms in total. The lowest BCUT2D eigenvalue weighted by Crippen LogP contribution is -2.23. The van der Waals surface area contributed by atoms with Crippen LogP contribution in [0.1, 0.15) is 5.56 Å². The SMILES string of the molecule is NS(=O)(=O)c1cccc(S(=O)(=O)NCc2ccoc2)c1. The molecule has 0 aliphatic carbocycles. The quantitative estimate of drug-likeness (QED) is 0.827. The van der Waals surface area contributed by atoms with Crippen LogP contribution in [0.2, 0.25) is 0 Å². The van der Waals surface area contributed by atoms with Gasteiger partial charge in [-0.3, -0.25) is 0 Å². The average molecular weight is 316 g/mol. The fourth-order valence-electron chi connectivity index (χ4n) is 1.47. The second-order valence-corrected chi connectivity index (χ2v) is 7.30. The van der Waals surface area contributed by atoms with Crippen molar-refractivity contribution in [2.45, 2.75) is 16.3 Å². The molecule has 108 valence electrons. The number of hydrogen-bond acceptors (Lipinski definition) is 5. The molecule has 0 radical (unpaired) electrons. The van der Waals surface area contributed by atoms with Crippen LogP contribution < -0.4 is 9.86 Å². The van der Waals surface area contributed by atoms with Crippen LogP contribution in [0.15, 0.2) is 57.1 Å². The molecule has 2 aromatic rings. The summed E-state index contributed by atoms with van der Waals surface area (Å²) in [6.07, 6.45) is 2.83. The molecule has 20 heavy (non-hydrogen) atoms. The van der Waals surface area contributed by atoms with Gasteiger partial charge in [0, 0.05) is 12.1 Å². The van der Waals surface area contributed by atoms with Gasteiger partial charge in [-0.15, -0.1) is 0 Å². The number of furan rings is 1. The van der Waals surface area contributed by atoms with Gasteiger partial charge < -0.3 is 4.42 Å². The van der Waals surface area contributed by atoms with Gasteiger partial charge in [-0.25, -0.2) is 26.7 Å². The van der Waals surface area contributed by atoms with E-state index in [1.165, 1.54) is 30.7 Å². The maximum Gasteiger partial charge on any atom is 0.240 e. The summed E-state index contributed by atoms with van der Waals surface area (Å²) in [6.45, 7) is 0.0401. The van der Waals surface area contributed by atoms with Gasteiger partial charge in [0.1, 0.15) is 0 Å². The summed E-state index contributed by atoms with van der Waals surface area (Å²) in [7, 11) is -7.78. The van der Waals surface area contributed by atoms with E-state index in [-0.39, 0.29) is 16.3 Å². The highest BCUT2D eigenvalue weighted by atomic mass is 32.2. The van der Waals surface area contributed by atoms with Crippen molar-refractivity contribution in [3.05, 3.63) is 48.4 Å². The van der Waals surface area contributed by atoms with Crippen molar-refractivity contribution >= 4 is 20.0 Å². The fourth-order valence-corrected chi connectivity index (χ4v) is 3.17. The largest absolute Gasteiger partial charge is 0.472 e. The van der Waals surface area contributed by atoms with E-state index in [2.05, 4.69) is 4.72 Å². The van der Waals surface area contributed by atoms with Crippen LogP contribution in [-0.4, -0.2) is 16.8 Å². The summed E-state index contributed by atoms with van der Waals surface area (Å²) in [5.74, 6) is 0. The van der Waals surface area contributed by atoms with Crippen molar-refractivity contribution < 1.29 is 21.3 Å². The molecule has 0 saturated heterocycles. The van der Waals surface area contributed by atoms with Crippen molar-refractivity contribution in [1.82, 2.24) is 4.72 Å². The molecular weight excluding hydrogens is 304 g/mol. The monoisotopic (exact) mass is 316 g/mol. The molecule has 0 atom stereocenters. The Kier molecular flexibility index (Phi) is 3.95. The standard InChI is InChI=1S/C11H12N2O5S2/c12-19(14,15)10-2-1-3-11(6-10)20(16,17)13-7-9-4-5-18-8-9/h1-6,8,13H,7H2,(H2,12,14,15). The number of rotatable bonds is 5. The van der Waals surface area contributed by atoms with E-state index in [9.17, 15) is 16.8 Å². The normalized spacial score (nSPS) is 12.4. The molecule has 0 aliphatic heterocycles. The van der Waals surface area contributed by atoms with Crippen LogP contribution >= 0.6 is 0 Å². The Hall–Kier alpha value is -1.68. The van der Waals surface area contributed by atoms with Gasteiger partial charge in [0.2, 0.25) is 20.0 Å². The molecule has 1 aromatic carbocycles. The second kappa shape index (κ2) is 5.37. The van der Waals surface area contributed by atoms with Gasteiger partial charge in [0.25, 0.3) is 0 Å². The van der Waals surface area contributed by atoms with E-state index in [1.807, 2.05) is 0 Å². The van der Waals surface area contributed by atoms with Gasteiger partial charge in [-0.1, -0.05) is 6.07 Å². The Balaban J connectivity index is 2.26. The van der Waals surface area contributed by atoms with Crippen LogP contribution in [0.5, 0.6) is 0 Å². The van der Waals surface area contributed by atoms with Crippen LogP contribution in [0, 0.1) is 0 Å². The molecule has 0 spiro atoms. The average Bonchev–Trinajstić information content (AvgIpc) is 2.89. The van der Waals surface area contributed by atoms with E-state index in [0.717, 1.165) is 6.07 Å².